The molecule has 0 aliphatic rings. The molecule has 0 aromatic heterocycles. The van der Waals surface area contributed by atoms with Crippen molar-refractivity contribution in [3.63, 3.8) is 0 Å². The largest absolute Gasteiger partial charge is 0.310 e. The monoisotopic (exact) mass is 775 g/mol. The van der Waals surface area contributed by atoms with Gasteiger partial charge >= 0.3 is 0 Å². The Balaban J connectivity index is 1.05. The zero-order valence-corrected chi connectivity index (χ0v) is 33.6. The SMILES string of the molecule is c1ccc(-c2cc(N(c3ccc(-c4cc5ccccc5c5ccccc45)cc3)c3ccccc3-c3ccccc3)ccc2-c2ccc(-c3ccc4ccccc4c3)cc2)cc1. The maximum atomic E-state index is 2.42. The van der Waals surface area contributed by atoms with Gasteiger partial charge in [0.25, 0.3) is 0 Å². The number of hydrogen-bond donors (Lipinski definition) is 0. The molecule has 0 bridgehead atoms. The van der Waals surface area contributed by atoms with Crippen LogP contribution >= 0.6 is 0 Å². The second-order valence-electron chi connectivity index (χ2n) is 15.7. The van der Waals surface area contributed by atoms with E-state index in [1.165, 1.54) is 88.0 Å². The van der Waals surface area contributed by atoms with E-state index in [4.69, 9.17) is 0 Å². The summed E-state index contributed by atoms with van der Waals surface area (Å²) in [5, 5.41) is 7.56. The third kappa shape index (κ3) is 6.83. The van der Waals surface area contributed by atoms with Gasteiger partial charge in [-0.3, -0.25) is 0 Å². The van der Waals surface area contributed by atoms with E-state index in [0.29, 0.717) is 0 Å². The minimum absolute atomic E-state index is 1.09. The molecule has 0 fully saturated rings. The van der Waals surface area contributed by atoms with E-state index in [1.54, 1.807) is 0 Å². The van der Waals surface area contributed by atoms with E-state index in [-0.39, 0.29) is 0 Å². The van der Waals surface area contributed by atoms with Crippen molar-refractivity contribution in [2.24, 2.45) is 0 Å². The second-order valence-corrected chi connectivity index (χ2v) is 15.7. The lowest BCUT2D eigenvalue weighted by Crippen LogP contribution is -2.11. The maximum absolute atomic E-state index is 2.42. The molecule has 0 saturated heterocycles. The lowest BCUT2D eigenvalue weighted by Gasteiger charge is -2.29. The van der Waals surface area contributed by atoms with Crippen LogP contribution in [-0.4, -0.2) is 0 Å². The topological polar surface area (TPSA) is 3.24 Å². The van der Waals surface area contributed by atoms with Gasteiger partial charge in [-0.15, -0.1) is 0 Å². The summed E-state index contributed by atoms with van der Waals surface area (Å²) in [6.45, 7) is 0. The molecule has 0 radical (unpaired) electrons. The molecule has 61 heavy (non-hydrogen) atoms. The molecule has 0 saturated carbocycles. The minimum Gasteiger partial charge on any atom is -0.310 e. The molecule has 0 spiro atoms. The molecule has 0 N–H and O–H groups in total. The fraction of sp³-hybridized carbons (Fsp3) is 0. The standard InChI is InChI=1S/C60H41N/c1-3-16-44(17-4-1)55-23-13-14-26-60(55)61(51-35-33-47(34-36-51)58-40-50-21-9-10-22-53(50)56-24-11-12-25-57(56)58)52-37-38-54(59(41-52)45-18-5-2-6-19-45)46-30-27-43(28-31-46)49-32-29-42-15-7-8-20-48(42)39-49/h1-41H. The first-order valence-electron chi connectivity index (χ1n) is 21.0. The Bertz CT molecular complexity index is 3330. The van der Waals surface area contributed by atoms with Crippen molar-refractivity contribution in [1.82, 2.24) is 0 Å². The van der Waals surface area contributed by atoms with Crippen molar-refractivity contribution in [2.75, 3.05) is 4.90 Å². The molecule has 11 aromatic rings. The first-order chi connectivity index (χ1) is 30.2. The summed E-state index contributed by atoms with van der Waals surface area (Å²) < 4.78 is 0. The van der Waals surface area contributed by atoms with Crippen LogP contribution in [0.3, 0.4) is 0 Å². The van der Waals surface area contributed by atoms with Crippen molar-refractivity contribution >= 4 is 49.4 Å². The summed E-state index contributed by atoms with van der Waals surface area (Å²) in [6.07, 6.45) is 0. The fourth-order valence-electron chi connectivity index (χ4n) is 9.03. The Morgan fingerprint density at radius 1 is 0.213 bits per heavy atom. The third-order valence-corrected chi connectivity index (χ3v) is 12.1. The highest BCUT2D eigenvalue weighted by Crippen LogP contribution is 2.45. The molecular weight excluding hydrogens is 735 g/mol. The molecule has 0 heterocycles. The minimum atomic E-state index is 1.09. The molecule has 0 aliphatic carbocycles. The normalized spacial score (nSPS) is 11.3. The van der Waals surface area contributed by atoms with Crippen LogP contribution in [0, 0.1) is 0 Å². The summed E-state index contributed by atoms with van der Waals surface area (Å²) in [7, 11) is 0. The number of hydrogen-bond acceptors (Lipinski definition) is 1. The van der Waals surface area contributed by atoms with Gasteiger partial charge in [-0.2, -0.15) is 0 Å². The van der Waals surface area contributed by atoms with Gasteiger partial charge in [-0.1, -0.05) is 206 Å². The zero-order valence-electron chi connectivity index (χ0n) is 33.6. The molecule has 286 valence electrons. The number of rotatable bonds is 8. The smallest absolute Gasteiger partial charge is 0.0540 e. The molecule has 0 amide bonds. The van der Waals surface area contributed by atoms with Gasteiger partial charge in [0.15, 0.2) is 0 Å². The highest BCUT2D eigenvalue weighted by atomic mass is 15.1. The predicted octanol–water partition coefficient (Wildman–Crippen LogP) is 17.0. The molecule has 11 aromatic carbocycles. The lowest BCUT2D eigenvalue weighted by atomic mass is 9.92. The Morgan fingerprint density at radius 2 is 0.721 bits per heavy atom. The quantitative estimate of drug-likeness (QED) is 0.139. The van der Waals surface area contributed by atoms with Gasteiger partial charge < -0.3 is 4.90 Å². The fourth-order valence-corrected chi connectivity index (χ4v) is 9.03. The summed E-state index contributed by atoms with van der Waals surface area (Å²) >= 11 is 0. The van der Waals surface area contributed by atoms with E-state index >= 15 is 0 Å². The van der Waals surface area contributed by atoms with Gasteiger partial charge in [0.1, 0.15) is 0 Å². The van der Waals surface area contributed by atoms with Crippen molar-refractivity contribution in [3.8, 4) is 55.6 Å². The number of para-hydroxylation sites is 1. The average molecular weight is 776 g/mol. The molecule has 0 aliphatic heterocycles. The molecule has 1 nitrogen and oxygen atoms in total. The first kappa shape index (κ1) is 36.1. The maximum Gasteiger partial charge on any atom is 0.0540 e. The van der Waals surface area contributed by atoms with Crippen molar-refractivity contribution in [2.45, 2.75) is 0 Å². The van der Waals surface area contributed by atoms with Gasteiger partial charge in [-0.05, 0) is 125 Å². The summed E-state index contributed by atoms with van der Waals surface area (Å²) in [5.41, 5.74) is 15.2. The highest BCUT2D eigenvalue weighted by Gasteiger charge is 2.20. The molecule has 0 unspecified atom stereocenters. The summed E-state index contributed by atoms with van der Waals surface area (Å²) in [5.74, 6) is 0. The van der Waals surface area contributed by atoms with Crippen molar-refractivity contribution in [3.05, 3.63) is 249 Å². The van der Waals surface area contributed by atoms with Gasteiger partial charge in [0.2, 0.25) is 0 Å². The van der Waals surface area contributed by atoms with Crippen LogP contribution < -0.4 is 4.90 Å². The first-order valence-corrected chi connectivity index (χ1v) is 21.0. The van der Waals surface area contributed by atoms with Crippen LogP contribution in [-0.2, 0) is 0 Å². The van der Waals surface area contributed by atoms with E-state index in [1.807, 2.05) is 0 Å². The Hall–Kier alpha value is -8.00. The van der Waals surface area contributed by atoms with Gasteiger partial charge in [0.05, 0.1) is 5.69 Å². The number of nitrogens with zero attached hydrogens (tertiary/aromatic N) is 1. The van der Waals surface area contributed by atoms with Crippen LogP contribution in [0.15, 0.2) is 249 Å². The number of anilines is 3. The van der Waals surface area contributed by atoms with E-state index < -0.39 is 0 Å². The van der Waals surface area contributed by atoms with Gasteiger partial charge in [0, 0.05) is 16.9 Å². The molecule has 1 heteroatoms. The summed E-state index contributed by atoms with van der Waals surface area (Å²) in [4.78, 5) is 2.42. The van der Waals surface area contributed by atoms with Crippen LogP contribution in [0.25, 0.3) is 88.0 Å². The van der Waals surface area contributed by atoms with E-state index in [0.717, 1.165) is 17.1 Å². The molecule has 0 atom stereocenters. The van der Waals surface area contributed by atoms with Gasteiger partial charge in [-0.25, -0.2) is 0 Å². The number of benzene rings is 11. The number of fused-ring (bicyclic) bond motifs is 4. The average Bonchev–Trinajstić information content (AvgIpc) is 3.35. The second kappa shape index (κ2) is 15.6. The van der Waals surface area contributed by atoms with Crippen molar-refractivity contribution in [1.29, 1.82) is 0 Å². The van der Waals surface area contributed by atoms with Crippen LogP contribution in [0.2, 0.25) is 0 Å². The lowest BCUT2D eigenvalue weighted by molar-refractivity contribution is 1.28. The Morgan fingerprint density at radius 3 is 1.48 bits per heavy atom. The van der Waals surface area contributed by atoms with E-state index in [9.17, 15) is 0 Å². The summed E-state index contributed by atoms with van der Waals surface area (Å²) in [6, 6.07) is 90.5. The highest BCUT2D eigenvalue weighted by molar-refractivity contribution is 6.13. The predicted molar refractivity (Wildman–Crippen MR) is 261 cm³/mol. The molecular formula is C60H41N. The Labute approximate surface area is 357 Å². The van der Waals surface area contributed by atoms with Crippen LogP contribution in [0.4, 0.5) is 17.1 Å². The van der Waals surface area contributed by atoms with E-state index in [2.05, 4.69) is 254 Å². The van der Waals surface area contributed by atoms with Crippen LogP contribution in [0.1, 0.15) is 0 Å². The third-order valence-electron chi connectivity index (χ3n) is 12.1. The zero-order chi connectivity index (χ0) is 40.5. The van der Waals surface area contributed by atoms with Crippen molar-refractivity contribution < 1.29 is 0 Å². The van der Waals surface area contributed by atoms with Crippen LogP contribution in [0.5, 0.6) is 0 Å². The Kier molecular flexibility index (Phi) is 9.26. The molecule has 11 rings (SSSR count).